The minimum absolute atomic E-state index is 0.0227. The summed E-state index contributed by atoms with van der Waals surface area (Å²) < 4.78 is 0. The number of benzene rings is 1. The zero-order valence-corrected chi connectivity index (χ0v) is 11.2. The number of carbonyl (C=O) groups is 2. The highest BCUT2D eigenvalue weighted by Gasteiger charge is 2.18. The third kappa shape index (κ3) is 2.77. The summed E-state index contributed by atoms with van der Waals surface area (Å²) in [6, 6.07) is 4.32. The first-order chi connectivity index (χ1) is 9.52. The predicted molar refractivity (Wildman–Crippen MR) is 72.1 cm³/mol. The number of aromatic nitrogens is 3. The third-order valence-corrected chi connectivity index (χ3v) is 2.87. The van der Waals surface area contributed by atoms with Gasteiger partial charge in [-0.3, -0.25) is 9.89 Å². The number of hydrogen-bond donors (Lipinski definition) is 3. The van der Waals surface area contributed by atoms with Crippen LogP contribution in [0.15, 0.2) is 18.2 Å². The molecule has 0 atom stereocenters. The smallest absolute Gasteiger partial charge is 0.337 e. The van der Waals surface area contributed by atoms with E-state index in [4.69, 9.17) is 16.7 Å². The van der Waals surface area contributed by atoms with Crippen molar-refractivity contribution in [2.75, 3.05) is 5.32 Å². The molecule has 1 heterocycles. The summed E-state index contributed by atoms with van der Waals surface area (Å²) in [4.78, 5) is 27.0. The van der Waals surface area contributed by atoms with Crippen molar-refractivity contribution in [3.05, 3.63) is 40.4 Å². The minimum Gasteiger partial charge on any atom is -0.478 e. The van der Waals surface area contributed by atoms with E-state index in [9.17, 15) is 9.59 Å². The molecule has 1 amide bonds. The SMILES string of the molecule is CCc1nc(C(=O)Nc2c(Cl)cccc2C(=O)O)n[nH]1. The molecular weight excluding hydrogens is 284 g/mol. The number of aromatic carboxylic acids is 1. The highest BCUT2D eigenvalue weighted by atomic mass is 35.5. The fourth-order valence-corrected chi connectivity index (χ4v) is 1.78. The van der Waals surface area contributed by atoms with Gasteiger partial charge in [-0.2, -0.15) is 0 Å². The first-order valence-corrected chi connectivity index (χ1v) is 6.15. The van der Waals surface area contributed by atoms with Gasteiger partial charge in [0.05, 0.1) is 16.3 Å². The molecule has 20 heavy (non-hydrogen) atoms. The fraction of sp³-hybridized carbons (Fsp3) is 0.167. The first-order valence-electron chi connectivity index (χ1n) is 5.77. The third-order valence-electron chi connectivity index (χ3n) is 2.55. The van der Waals surface area contributed by atoms with Gasteiger partial charge in [-0.1, -0.05) is 24.6 Å². The zero-order valence-electron chi connectivity index (χ0n) is 10.5. The number of nitrogens with zero attached hydrogens (tertiary/aromatic N) is 2. The molecule has 2 aromatic rings. The van der Waals surface area contributed by atoms with Crippen molar-refractivity contribution < 1.29 is 14.7 Å². The lowest BCUT2D eigenvalue weighted by atomic mass is 10.2. The maximum absolute atomic E-state index is 12.0. The number of aromatic amines is 1. The van der Waals surface area contributed by atoms with Crippen molar-refractivity contribution in [3.63, 3.8) is 0 Å². The molecule has 0 spiro atoms. The molecule has 1 aromatic heterocycles. The second kappa shape index (κ2) is 5.70. The van der Waals surface area contributed by atoms with Crippen LogP contribution in [0.4, 0.5) is 5.69 Å². The van der Waals surface area contributed by atoms with Crippen LogP contribution in [0.2, 0.25) is 5.02 Å². The Morgan fingerprint density at radius 1 is 1.45 bits per heavy atom. The van der Waals surface area contributed by atoms with E-state index in [1.54, 1.807) is 0 Å². The Morgan fingerprint density at radius 2 is 2.20 bits per heavy atom. The van der Waals surface area contributed by atoms with Crippen molar-refractivity contribution in [2.24, 2.45) is 0 Å². The minimum atomic E-state index is -1.19. The number of nitrogens with one attached hydrogen (secondary N) is 2. The van der Waals surface area contributed by atoms with Crippen molar-refractivity contribution in [1.82, 2.24) is 15.2 Å². The molecule has 8 heteroatoms. The van der Waals surface area contributed by atoms with E-state index in [-0.39, 0.29) is 22.1 Å². The van der Waals surface area contributed by atoms with Crippen LogP contribution in [-0.2, 0) is 6.42 Å². The van der Waals surface area contributed by atoms with Crippen LogP contribution in [0.1, 0.15) is 33.7 Å². The molecule has 0 fully saturated rings. The second-order valence-corrected chi connectivity index (χ2v) is 4.29. The average Bonchev–Trinajstić information content (AvgIpc) is 2.89. The molecule has 0 aliphatic carbocycles. The normalized spacial score (nSPS) is 10.3. The number of aryl methyl sites for hydroxylation is 1. The van der Waals surface area contributed by atoms with E-state index in [0.29, 0.717) is 12.2 Å². The molecule has 104 valence electrons. The van der Waals surface area contributed by atoms with Crippen molar-refractivity contribution >= 4 is 29.2 Å². The van der Waals surface area contributed by atoms with E-state index < -0.39 is 11.9 Å². The van der Waals surface area contributed by atoms with Gasteiger partial charge in [0.2, 0.25) is 5.82 Å². The lowest BCUT2D eigenvalue weighted by Crippen LogP contribution is -2.16. The van der Waals surface area contributed by atoms with E-state index in [1.807, 2.05) is 6.92 Å². The van der Waals surface area contributed by atoms with E-state index in [2.05, 4.69) is 20.5 Å². The molecule has 0 radical (unpaired) electrons. The van der Waals surface area contributed by atoms with Crippen molar-refractivity contribution in [1.29, 1.82) is 0 Å². The van der Waals surface area contributed by atoms with Gasteiger partial charge in [0.1, 0.15) is 5.82 Å². The number of amides is 1. The van der Waals surface area contributed by atoms with Crippen molar-refractivity contribution in [3.8, 4) is 0 Å². The van der Waals surface area contributed by atoms with Crippen LogP contribution in [0.3, 0.4) is 0 Å². The van der Waals surface area contributed by atoms with Crippen LogP contribution in [0, 0.1) is 0 Å². The molecule has 0 saturated carbocycles. The van der Waals surface area contributed by atoms with Gasteiger partial charge < -0.3 is 10.4 Å². The summed E-state index contributed by atoms with van der Waals surface area (Å²) in [6.07, 6.45) is 0.604. The van der Waals surface area contributed by atoms with E-state index in [1.165, 1.54) is 18.2 Å². The Morgan fingerprint density at radius 3 is 2.80 bits per heavy atom. The Kier molecular flexibility index (Phi) is 3.99. The highest BCUT2D eigenvalue weighted by Crippen LogP contribution is 2.26. The number of carbonyl (C=O) groups excluding carboxylic acids is 1. The number of rotatable bonds is 4. The fourth-order valence-electron chi connectivity index (χ4n) is 1.55. The quantitative estimate of drug-likeness (QED) is 0.799. The van der Waals surface area contributed by atoms with Crippen LogP contribution in [-0.4, -0.2) is 32.2 Å². The van der Waals surface area contributed by atoms with Gasteiger partial charge in [-0.25, -0.2) is 9.78 Å². The first kappa shape index (κ1) is 14.0. The molecule has 0 aliphatic heterocycles. The number of anilines is 1. The van der Waals surface area contributed by atoms with Gasteiger partial charge >= 0.3 is 5.97 Å². The van der Waals surface area contributed by atoms with Crippen molar-refractivity contribution in [2.45, 2.75) is 13.3 Å². The Hall–Kier alpha value is -2.41. The summed E-state index contributed by atoms with van der Waals surface area (Å²) in [5.41, 5.74) is -0.0772. The summed E-state index contributed by atoms with van der Waals surface area (Å²) in [5.74, 6) is -1.32. The topological polar surface area (TPSA) is 108 Å². The predicted octanol–water partition coefficient (Wildman–Crippen LogP) is 1.97. The summed E-state index contributed by atoms with van der Waals surface area (Å²) >= 11 is 5.91. The van der Waals surface area contributed by atoms with Gasteiger partial charge in [0.15, 0.2) is 0 Å². The zero-order chi connectivity index (χ0) is 14.7. The molecule has 0 aliphatic rings. The number of H-pyrrole nitrogens is 1. The molecule has 0 unspecified atom stereocenters. The van der Waals surface area contributed by atoms with Crippen LogP contribution in [0.25, 0.3) is 0 Å². The maximum atomic E-state index is 12.0. The van der Waals surface area contributed by atoms with Gasteiger partial charge in [0.25, 0.3) is 5.91 Å². The van der Waals surface area contributed by atoms with E-state index in [0.717, 1.165) is 0 Å². The molecule has 3 N–H and O–H groups in total. The Labute approximate surface area is 119 Å². The molecule has 0 saturated heterocycles. The molecule has 0 bridgehead atoms. The molecular formula is C12H11ClN4O3. The number of carboxylic acid groups (broad SMARTS) is 1. The largest absolute Gasteiger partial charge is 0.478 e. The van der Waals surface area contributed by atoms with Crippen LogP contribution >= 0.6 is 11.6 Å². The average molecular weight is 295 g/mol. The number of para-hydroxylation sites is 1. The van der Waals surface area contributed by atoms with E-state index >= 15 is 0 Å². The number of carboxylic acids is 1. The van der Waals surface area contributed by atoms with Gasteiger partial charge in [0, 0.05) is 6.42 Å². The summed E-state index contributed by atoms with van der Waals surface area (Å²) in [7, 11) is 0. The second-order valence-electron chi connectivity index (χ2n) is 3.88. The number of halogens is 1. The van der Waals surface area contributed by atoms with Gasteiger partial charge in [-0.15, -0.1) is 5.10 Å². The summed E-state index contributed by atoms with van der Waals surface area (Å²) in [6.45, 7) is 1.86. The lowest BCUT2D eigenvalue weighted by molar-refractivity contribution is 0.0698. The summed E-state index contributed by atoms with van der Waals surface area (Å²) in [5, 5.41) is 18.0. The monoisotopic (exact) mass is 294 g/mol. The number of hydrogen-bond acceptors (Lipinski definition) is 4. The highest BCUT2D eigenvalue weighted by molar-refractivity contribution is 6.34. The lowest BCUT2D eigenvalue weighted by Gasteiger charge is -2.08. The molecule has 1 aromatic carbocycles. The Balaban J connectivity index is 2.30. The molecule has 2 rings (SSSR count). The standard InChI is InChI=1S/C12H11ClN4O3/c1-2-8-14-10(17-16-8)11(18)15-9-6(12(19)20)4-3-5-7(9)13/h3-5H,2H2,1H3,(H,15,18)(H,19,20)(H,14,16,17). The van der Waals surface area contributed by atoms with Gasteiger partial charge in [-0.05, 0) is 12.1 Å². The molecule has 7 nitrogen and oxygen atoms in total. The van der Waals surface area contributed by atoms with Crippen LogP contribution < -0.4 is 5.32 Å². The Bertz CT molecular complexity index is 668. The maximum Gasteiger partial charge on any atom is 0.337 e. The van der Waals surface area contributed by atoms with Crippen LogP contribution in [0.5, 0.6) is 0 Å².